The number of urea groups is 1. The van der Waals surface area contributed by atoms with Crippen LogP contribution in [0.4, 0.5) is 4.79 Å². The van der Waals surface area contributed by atoms with E-state index in [4.69, 9.17) is 4.74 Å². The predicted octanol–water partition coefficient (Wildman–Crippen LogP) is 0.826. The second-order valence-corrected chi connectivity index (χ2v) is 4.82. The number of hydrogen-bond acceptors (Lipinski definition) is 4. The molecule has 0 saturated carbocycles. The zero-order chi connectivity index (χ0) is 13.8. The molecule has 104 valence electrons. The lowest BCUT2D eigenvalue weighted by Gasteiger charge is -2.18. The summed E-state index contributed by atoms with van der Waals surface area (Å²) in [7, 11) is 0. The maximum absolute atomic E-state index is 11.9. The number of carbonyl (C=O) groups excluding carboxylic acids is 3. The molecule has 1 heterocycles. The normalized spacial score (nSPS) is 23.3. The van der Waals surface area contributed by atoms with Gasteiger partial charge in [0, 0.05) is 13.1 Å². The highest BCUT2D eigenvalue weighted by Gasteiger charge is 2.31. The van der Waals surface area contributed by atoms with Crippen LogP contribution >= 0.6 is 0 Å². The molecule has 0 aromatic carbocycles. The summed E-state index contributed by atoms with van der Waals surface area (Å²) < 4.78 is 5.09. The van der Waals surface area contributed by atoms with Crippen LogP contribution in [-0.4, -0.2) is 42.0 Å². The van der Waals surface area contributed by atoms with E-state index in [1.807, 2.05) is 12.2 Å². The molecule has 0 unspecified atom stereocenters. The van der Waals surface area contributed by atoms with Crippen molar-refractivity contribution in [1.29, 1.82) is 0 Å². The third kappa shape index (κ3) is 3.33. The maximum atomic E-state index is 11.9. The molecule has 1 aliphatic carbocycles. The Kier molecular flexibility index (Phi) is 4.19. The maximum Gasteiger partial charge on any atom is 0.324 e. The van der Waals surface area contributed by atoms with Crippen LogP contribution in [0.5, 0.6) is 0 Å². The van der Waals surface area contributed by atoms with Gasteiger partial charge in [-0.15, -0.1) is 0 Å². The van der Waals surface area contributed by atoms with Crippen molar-refractivity contribution in [3.63, 3.8) is 0 Å². The van der Waals surface area contributed by atoms with Gasteiger partial charge in [0.25, 0.3) is 5.91 Å². The Morgan fingerprint density at radius 1 is 1.58 bits per heavy atom. The van der Waals surface area contributed by atoms with Gasteiger partial charge in [-0.1, -0.05) is 12.2 Å². The lowest BCUT2D eigenvalue weighted by Crippen LogP contribution is -2.41. The van der Waals surface area contributed by atoms with Crippen LogP contribution < -0.4 is 5.32 Å². The first-order chi connectivity index (χ1) is 9.08. The van der Waals surface area contributed by atoms with Crippen LogP contribution in [-0.2, 0) is 14.3 Å². The van der Waals surface area contributed by atoms with Gasteiger partial charge in [-0.25, -0.2) is 4.79 Å². The van der Waals surface area contributed by atoms with Crippen molar-refractivity contribution < 1.29 is 19.1 Å². The van der Waals surface area contributed by atoms with Crippen LogP contribution in [0.15, 0.2) is 12.2 Å². The predicted molar refractivity (Wildman–Crippen MR) is 67.1 cm³/mol. The molecule has 0 spiro atoms. The highest BCUT2D eigenvalue weighted by atomic mass is 16.5. The van der Waals surface area contributed by atoms with Gasteiger partial charge >= 0.3 is 12.0 Å². The number of nitrogens with one attached hydrogen (secondary N) is 1. The summed E-state index contributed by atoms with van der Waals surface area (Å²) in [6.07, 6.45) is 5.36. The van der Waals surface area contributed by atoms with Gasteiger partial charge in [0.1, 0.15) is 0 Å². The van der Waals surface area contributed by atoms with E-state index in [1.54, 1.807) is 0 Å². The van der Waals surface area contributed by atoms with E-state index in [0.717, 1.165) is 17.7 Å². The number of carbonyl (C=O) groups is 3. The van der Waals surface area contributed by atoms with Crippen molar-refractivity contribution in [3.05, 3.63) is 12.2 Å². The number of imide groups is 1. The molecule has 2 aliphatic rings. The van der Waals surface area contributed by atoms with E-state index < -0.39 is 24.0 Å². The van der Waals surface area contributed by atoms with Crippen molar-refractivity contribution >= 4 is 17.9 Å². The second kappa shape index (κ2) is 5.86. The number of ether oxygens (including phenoxy) is 1. The fourth-order valence-corrected chi connectivity index (χ4v) is 2.28. The quantitative estimate of drug-likeness (QED) is 0.604. The Labute approximate surface area is 111 Å². The van der Waals surface area contributed by atoms with Crippen LogP contribution in [0.3, 0.4) is 0 Å². The van der Waals surface area contributed by atoms with Crippen LogP contribution in [0.25, 0.3) is 0 Å². The van der Waals surface area contributed by atoms with Gasteiger partial charge in [-0.3, -0.25) is 14.5 Å². The van der Waals surface area contributed by atoms with E-state index >= 15 is 0 Å². The monoisotopic (exact) mass is 266 g/mol. The molecule has 0 radical (unpaired) electrons. The Hall–Kier alpha value is -1.85. The number of hydrogen-bond donors (Lipinski definition) is 1. The average Bonchev–Trinajstić information content (AvgIpc) is 2.99. The van der Waals surface area contributed by atoms with Gasteiger partial charge in [0.05, 0.1) is 6.42 Å². The highest BCUT2D eigenvalue weighted by molar-refractivity contribution is 5.98. The summed E-state index contributed by atoms with van der Waals surface area (Å²) >= 11 is 0. The van der Waals surface area contributed by atoms with E-state index in [2.05, 4.69) is 5.32 Å². The fraction of sp³-hybridized carbons (Fsp3) is 0.615. The molecular weight excluding hydrogens is 248 g/mol. The number of nitrogens with zero attached hydrogens (tertiary/aromatic N) is 1. The van der Waals surface area contributed by atoms with Crippen molar-refractivity contribution in [2.75, 3.05) is 13.1 Å². The molecular formula is C13H18N2O4. The van der Waals surface area contributed by atoms with Gasteiger partial charge in [0.2, 0.25) is 0 Å². The molecule has 1 fully saturated rings. The number of amides is 3. The van der Waals surface area contributed by atoms with Crippen molar-refractivity contribution in [2.24, 2.45) is 5.92 Å². The third-order valence-electron chi connectivity index (χ3n) is 3.32. The van der Waals surface area contributed by atoms with Crippen LogP contribution in [0, 0.1) is 5.92 Å². The van der Waals surface area contributed by atoms with Gasteiger partial charge < -0.3 is 10.1 Å². The lowest BCUT2D eigenvalue weighted by molar-refractivity contribution is -0.158. The standard InChI is InChI=1S/C13H18N2O4/c1-9(12(17)15-7-6-14-13(15)18)19-11(16)8-10-4-2-3-5-10/h2,4,9-10H,3,5-8H2,1H3,(H,14,18)/t9-,10-/m1/s1. The Bertz CT molecular complexity index is 419. The Morgan fingerprint density at radius 2 is 2.37 bits per heavy atom. The highest BCUT2D eigenvalue weighted by Crippen LogP contribution is 2.21. The third-order valence-corrected chi connectivity index (χ3v) is 3.32. The zero-order valence-electron chi connectivity index (χ0n) is 10.9. The molecule has 19 heavy (non-hydrogen) atoms. The largest absolute Gasteiger partial charge is 0.453 e. The summed E-state index contributed by atoms with van der Waals surface area (Å²) in [5.41, 5.74) is 0. The summed E-state index contributed by atoms with van der Waals surface area (Å²) in [6, 6.07) is -0.424. The van der Waals surface area contributed by atoms with E-state index in [-0.39, 0.29) is 5.92 Å². The Morgan fingerprint density at radius 3 is 2.95 bits per heavy atom. The van der Waals surface area contributed by atoms with E-state index in [1.165, 1.54) is 6.92 Å². The van der Waals surface area contributed by atoms with Gasteiger partial charge in [-0.2, -0.15) is 0 Å². The first-order valence-electron chi connectivity index (χ1n) is 6.53. The first kappa shape index (κ1) is 13.6. The van der Waals surface area contributed by atoms with Crippen molar-refractivity contribution in [2.45, 2.75) is 32.3 Å². The van der Waals surface area contributed by atoms with Gasteiger partial charge in [0.15, 0.2) is 6.10 Å². The Balaban J connectivity index is 1.80. The molecule has 6 nitrogen and oxygen atoms in total. The molecule has 0 bridgehead atoms. The van der Waals surface area contributed by atoms with Crippen molar-refractivity contribution in [3.8, 4) is 0 Å². The summed E-state index contributed by atoms with van der Waals surface area (Å²) in [5.74, 6) is -0.646. The fourth-order valence-electron chi connectivity index (χ4n) is 2.28. The molecule has 3 amide bonds. The summed E-state index contributed by atoms with van der Waals surface area (Å²) in [4.78, 5) is 36.0. The minimum Gasteiger partial charge on any atom is -0.453 e. The molecule has 0 aromatic rings. The molecule has 2 atom stereocenters. The number of allylic oxidation sites excluding steroid dienone is 2. The zero-order valence-corrected chi connectivity index (χ0v) is 10.9. The first-order valence-corrected chi connectivity index (χ1v) is 6.53. The van der Waals surface area contributed by atoms with Gasteiger partial charge in [-0.05, 0) is 25.7 Å². The topological polar surface area (TPSA) is 75.7 Å². The second-order valence-electron chi connectivity index (χ2n) is 4.82. The van der Waals surface area contributed by atoms with E-state index in [0.29, 0.717) is 19.5 Å². The number of esters is 1. The van der Waals surface area contributed by atoms with E-state index in [9.17, 15) is 14.4 Å². The molecule has 0 aromatic heterocycles. The SMILES string of the molecule is C[C@@H](OC(=O)C[C@@H]1C=CCC1)C(=O)N1CCNC1=O. The minimum atomic E-state index is -0.915. The summed E-state index contributed by atoms with van der Waals surface area (Å²) in [5, 5.41) is 2.53. The number of rotatable bonds is 4. The molecule has 1 aliphatic heterocycles. The molecule has 6 heteroatoms. The van der Waals surface area contributed by atoms with Crippen LogP contribution in [0.2, 0.25) is 0 Å². The van der Waals surface area contributed by atoms with Crippen LogP contribution in [0.1, 0.15) is 26.2 Å². The molecule has 1 saturated heterocycles. The molecule has 1 N–H and O–H groups in total. The summed E-state index contributed by atoms with van der Waals surface area (Å²) in [6.45, 7) is 2.26. The minimum absolute atomic E-state index is 0.213. The molecule has 2 rings (SSSR count). The lowest BCUT2D eigenvalue weighted by atomic mass is 10.1. The smallest absolute Gasteiger partial charge is 0.324 e. The van der Waals surface area contributed by atoms with Crippen molar-refractivity contribution in [1.82, 2.24) is 10.2 Å². The average molecular weight is 266 g/mol.